The molecular formula is C10H11BrN2O. The van der Waals surface area contributed by atoms with E-state index in [9.17, 15) is 4.79 Å². The van der Waals surface area contributed by atoms with E-state index in [1.54, 1.807) is 18.2 Å². The van der Waals surface area contributed by atoms with Gasteiger partial charge in [0.25, 0.3) is 5.91 Å². The van der Waals surface area contributed by atoms with Crippen molar-refractivity contribution in [2.24, 2.45) is 0 Å². The Morgan fingerprint density at radius 1 is 1.50 bits per heavy atom. The van der Waals surface area contributed by atoms with Gasteiger partial charge in [-0.1, -0.05) is 6.07 Å². The second kappa shape index (κ2) is 3.61. The second-order valence-electron chi connectivity index (χ2n) is 3.46. The second-order valence-corrected chi connectivity index (χ2v) is 4.25. The molecule has 14 heavy (non-hydrogen) atoms. The number of nitrogens with two attached hydrogens (primary N) is 1. The summed E-state index contributed by atoms with van der Waals surface area (Å²) in [6, 6.07) is 5.67. The maximum Gasteiger partial charge on any atom is 0.252 e. The molecule has 1 aliphatic rings. The molecule has 1 amide bonds. The number of amides is 1. The third-order valence-electron chi connectivity index (χ3n) is 2.19. The molecule has 0 spiro atoms. The molecule has 1 aliphatic carbocycles. The average Bonchev–Trinajstić information content (AvgIpc) is 2.93. The lowest BCUT2D eigenvalue weighted by molar-refractivity contribution is 0.0950. The van der Waals surface area contributed by atoms with Gasteiger partial charge in [-0.3, -0.25) is 4.79 Å². The fraction of sp³-hybridized carbons (Fsp3) is 0.300. The molecule has 0 aliphatic heterocycles. The Hall–Kier alpha value is -1.03. The van der Waals surface area contributed by atoms with Crippen molar-refractivity contribution in [1.29, 1.82) is 0 Å². The zero-order valence-corrected chi connectivity index (χ0v) is 9.17. The summed E-state index contributed by atoms with van der Waals surface area (Å²) in [5.74, 6) is -0.0494. The largest absolute Gasteiger partial charge is 0.398 e. The number of carbonyl (C=O) groups excluding carboxylic acids is 1. The van der Waals surface area contributed by atoms with E-state index < -0.39 is 0 Å². The van der Waals surface area contributed by atoms with Crippen LogP contribution in [-0.4, -0.2) is 11.9 Å². The van der Waals surface area contributed by atoms with Gasteiger partial charge in [0.1, 0.15) is 0 Å². The molecule has 1 saturated carbocycles. The number of benzene rings is 1. The number of hydrogen-bond donors (Lipinski definition) is 2. The molecule has 4 heteroatoms. The summed E-state index contributed by atoms with van der Waals surface area (Å²) >= 11 is 3.31. The average molecular weight is 255 g/mol. The van der Waals surface area contributed by atoms with Crippen LogP contribution < -0.4 is 11.1 Å². The van der Waals surface area contributed by atoms with Gasteiger partial charge in [0, 0.05) is 11.7 Å². The molecule has 0 aromatic heterocycles. The molecule has 0 atom stereocenters. The van der Waals surface area contributed by atoms with Crippen molar-refractivity contribution >= 4 is 27.5 Å². The zero-order valence-electron chi connectivity index (χ0n) is 7.59. The van der Waals surface area contributed by atoms with Crippen LogP contribution in [0.4, 0.5) is 5.69 Å². The van der Waals surface area contributed by atoms with Gasteiger partial charge in [-0.05, 0) is 40.9 Å². The molecule has 74 valence electrons. The molecular weight excluding hydrogens is 244 g/mol. The highest BCUT2D eigenvalue weighted by atomic mass is 79.9. The van der Waals surface area contributed by atoms with E-state index in [0.717, 1.165) is 12.8 Å². The van der Waals surface area contributed by atoms with Gasteiger partial charge < -0.3 is 11.1 Å². The van der Waals surface area contributed by atoms with E-state index in [1.165, 1.54) is 0 Å². The third-order valence-corrected chi connectivity index (χ3v) is 3.07. The minimum Gasteiger partial charge on any atom is -0.398 e. The van der Waals surface area contributed by atoms with E-state index in [-0.39, 0.29) is 5.91 Å². The van der Waals surface area contributed by atoms with Crippen LogP contribution in [0.3, 0.4) is 0 Å². The van der Waals surface area contributed by atoms with Crippen molar-refractivity contribution in [3.63, 3.8) is 0 Å². The van der Waals surface area contributed by atoms with Gasteiger partial charge >= 0.3 is 0 Å². The lowest BCUT2D eigenvalue weighted by atomic mass is 10.2. The summed E-state index contributed by atoms with van der Waals surface area (Å²) in [5, 5.41) is 2.91. The number of nitrogen functional groups attached to an aromatic ring is 1. The van der Waals surface area contributed by atoms with E-state index >= 15 is 0 Å². The zero-order chi connectivity index (χ0) is 10.1. The van der Waals surface area contributed by atoms with Crippen molar-refractivity contribution in [3.8, 4) is 0 Å². The van der Waals surface area contributed by atoms with Crippen LogP contribution in [0.25, 0.3) is 0 Å². The smallest absolute Gasteiger partial charge is 0.252 e. The normalized spacial score (nSPS) is 15.2. The van der Waals surface area contributed by atoms with E-state index in [4.69, 9.17) is 5.73 Å². The fourth-order valence-corrected chi connectivity index (χ4v) is 1.66. The van der Waals surface area contributed by atoms with Crippen molar-refractivity contribution in [1.82, 2.24) is 5.32 Å². The summed E-state index contributed by atoms with van der Waals surface area (Å²) in [6.45, 7) is 0. The highest BCUT2D eigenvalue weighted by Gasteiger charge is 2.24. The number of anilines is 1. The summed E-state index contributed by atoms with van der Waals surface area (Å²) in [5.41, 5.74) is 6.88. The highest BCUT2D eigenvalue weighted by molar-refractivity contribution is 9.10. The molecule has 1 aromatic carbocycles. The molecule has 1 fully saturated rings. The quantitative estimate of drug-likeness (QED) is 0.793. The van der Waals surface area contributed by atoms with E-state index in [0.29, 0.717) is 21.8 Å². The number of hydrogen-bond acceptors (Lipinski definition) is 2. The van der Waals surface area contributed by atoms with Crippen molar-refractivity contribution in [2.75, 3.05) is 5.73 Å². The first-order valence-electron chi connectivity index (χ1n) is 4.53. The van der Waals surface area contributed by atoms with Gasteiger partial charge in [0.15, 0.2) is 0 Å². The molecule has 3 N–H and O–H groups in total. The van der Waals surface area contributed by atoms with Crippen LogP contribution in [0, 0.1) is 0 Å². The Morgan fingerprint density at radius 2 is 2.21 bits per heavy atom. The molecule has 0 radical (unpaired) electrons. The monoisotopic (exact) mass is 254 g/mol. The maximum atomic E-state index is 11.7. The third kappa shape index (κ3) is 1.90. The minimum atomic E-state index is -0.0494. The number of nitrogens with one attached hydrogen (secondary N) is 1. The Labute approximate surface area is 90.8 Å². The highest BCUT2D eigenvalue weighted by Crippen LogP contribution is 2.25. The summed E-state index contributed by atoms with van der Waals surface area (Å²) < 4.78 is 0.679. The van der Waals surface area contributed by atoms with Crippen LogP contribution in [0.1, 0.15) is 23.2 Å². The molecule has 0 bridgehead atoms. The van der Waals surface area contributed by atoms with Gasteiger partial charge in [-0.25, -0.2) is 0 Å². The predicted molar refractivity (Wildman–Crippen MR) is 59.0 cm³/mol. The lowest BCUT2D eigenvalue weighted by Crippen LogP contribution is -2.25. The number of rotatable bonds is 2. The van der Waals surface area contributed by atoms with Crippen LogP contribution in [0.2, 0.25) is 0 Å². The van der Waals surface area contributed by atoms with Gasteiger partial charge in [-0.2, -0.15) is 0 Å². The first kappa shape index (κ1) is 9.52. The summed E-state index contributed by atoms with van der Waals surface area (Å²) in [7, 11) is 0. The van der Waals surface area contributed by atoms with Crippen LogP contribution in [-0.2, 0) is 0 Å². The molecule has 0 saturated heterocycles. The molecule has 3 nitrogen and oxygen atoms in total. The molecule has 2 rings (SSSR count). The standard InChI is InChI=1S/C10H11BrN2O/c11-9-7(2-1-3-8(9)12)10(14)13-6-4-5-6/h1-3,6H,4-5,12H2,(H,13,14). The first-order valence-corrected chi connectivity index (χ1v) is 5.32. The van der Waals surface area contributed by atoms with Gasteiger partial charge in [0.2, 0.25) is 0 Å². The summed E-state index contributed by atoms with van der Waals surface area (Å²) in [6.07, 6.45) is 2.18. The van der Waals surface area contributed by atoms with Crippen LogP contribution in [0.5, 0.6) is 0 Å². The molecule has 0 unspecified atom stereocenters. The maximum absolute atomic E-state index is 11.7. The number of carbonyl (C=O) groups is 1. The van der Waals surface area contributed by atoms with Crippen molar-refractivity contribution in [2.45, 2.75) is 18.9 Å². The van der Waals surface area contributed by atoms with Crippen molar-refractivity contribution in [3.05, 3.63) is 28.2 Å². The van der Waals surface area contributed by atoms with Crippen LogP contribution >= 0.6 is 15.9 Å². The lowest BCUT2D eigenvalue weighted by Gasteiger charge is -2.06. The Morgan fingerprint density at radius 3 is 2.86 bits per heavy atom. The van der Waals surface area contributed by atoms with Crippen LogP contribution in [0.15, 0.2) is 22.7 Å². The first-order chi connectivity index (χ1) is 6.68. The molecule has 1 aromatic rings. The SMILES string of the molecule is Nc1cccc(C(=O)NC2CC2)c1Br. The Balaban J connectivity index is 2.21. The Bertz CT molecular complexity index is 374. The number of halogens is 1. The fourth-order valence-electron chi connectivity index (χ4n) is 1.22. The molecule has 0 heterocycles. The van der Waals surface area contributed by atoms with Gasteiger partial charge in [0.05, 0.1) is 10.0 Å². The Kier molecular flexibility index (Phi) is 2.46. The minimum absolute atomic E-state index is 0.0494. The topological polar surface area (TPSA) is 55.1 Å². The van der Waals surface area contributed by atoms with E-state index in [2.05, 4.69) is 21.2 Å². The van der Waals surface area contributed by atoms with Crippen molar-refractivity contribution < 1.29 is 4.79 Å². The predicted octanol–water partition coefficient (Wildman–Crippen LogP) is 1.92. The van der Waals surface area contributed by atoms with Gasteiger partial charge in [-0.15, -0.1) is 0 Å². The van der Waals surface area contributed by atoms with E-state index in [1.807, 2.05) is 0 Å². The summed E-state index contributed by atoms with van der Waals surface area (Å²) in [4.78, 5) is 11.7.